The Bertz CT molecular complexity index is 1360. The third-order valence-corrected chi connectivity index (χ3v) is 7.24. The molecule has 0 spiro atoms. The molecule has 0 saturated carbocycles. The molecule has 0 saturated heterocycles. The Hall–Kier alpha value is -3.94. The summed E-state index contributed by atoms with van der Waals surface area (Å²) in [5, 5.41) is 4.53. The first kappa shape index (κ1) is 49.4. The Morgan fingerprint density at radius 3 is 2.16 bits per heavy atom. The zero-order valence-electron chi connectivity index (χ0n) is 31.5. The van der Waals surface area contributed by atoms with Crippen LogP contribution in [0.3, 0.4) is 0 Å². The zero-order valence-corrected chi connectivity index (χ0v) is 33.0. The van der Waals surface area contributed by atoms with Crippen molar-refractivity contribution in [1.29, 1.82) is 0 Å². The van der Waals surface area contributed by atoms with Crippen molar-refractivity contribution in [2.24, 2.45) is 5.16 Å². The van der Waals surface area contributed by atoms with E-state index >= 15 is 0 Å². The van der Waals surface area contributed by atoms with E-state index in [1.165, 1.54) is 13.8 Å². The number of anilines is 1. The number of halogens is 1. The SMILES string of the molecule is C/C=C\C=C\C.C=C.C=C1/C=C(C(=O)/C(CCSC/C=C\C(Cl)=C/C)=N/OC(C)=O)\C=C/CN(CC)c2ccc(C(C)=O)cc21.CC.CC. The number of carbonyl (C=O) groups is 3. The predicted octanol–water partition coefficient (Wildman–Crippen LogP) is 11.5. The highest BCUT2D eigenvalue weighted by atomic mass is 35.5. The number of benzene rings is 1. The predicted molar refractivity (Wildman–Crippen MR) is 219 cm³/mol. The van der Waals surface area contributed by atoms with Gasteiger partial charge in [0.05, 0.1) is 0 Å². The molecule has 2 rings (SSSR count). The first-order valence-electron chi connectivity index (χ1n) is 16.7. The van der Waals surface area contributed by atoms with Gasteiger partial charge in [-0.25, -0.2) is 4.79 Å². The summed E-state index contributed by atoms with van der Waals surface area (Å²) in [5.74, 6) is 0.306. The molecule has 6 nitrogen and oxygen atoms in total. The molecule has 0 aromatic heterocycles. The molecule has 0 bridgehead atoms. The minimum atomic E-state index is -0.602. The molecular weight excluding hydrogens is 652 g/mol. The number of thioether (sulfide) groups is 1. The van der Waals surface area contributed by atoms with Crippen LogP contribution in [-0.4, -0.2) is 47.8 Å². The van der Waals surface area contributed by atoms with Crippen molar-refractivity contribution in [1.82, 2.24) is 0 Å². The van der Waals surface area contributed by atoms with Crippen LogP contribution in [0.2, 0.25) is 0 Å². The van der Waals surface area contributed by atoms with Gasteiger partial charge in [-0.1, -0.05) is 99.6 Å². The number of hydrogen-bond acceptors (Lipinski definition) is 7. The number of hydrogen-bond donors (Lipinski definition) is 0. The summed E-state index contributed by atoms with van der Waals surface area (Å²) in [4.78, 5) is 43.9. The molecule has 0 atom stereocenters. The normalized spacial score (nSPS) is 14.5. The van der Waals surface area contributed by atoms with Gasteiger partial charge in [0.1, 0.15) is 5.71 Å². The maximum absolute atomic E-state index is 13.5. The van der Waals surface area contributed by atoms with Crippen molar-refractivity contribution < 1.29 is 19.2 Å². The average Bonchev–Trinajstić information content (AvgIpc) is 3.19. The van der Waals surface area contributed by atoms with Crippen molar-refractivity contribution in [2.75, 3.05) is 29.5 Å². The van der Waals surface area contributed by atoms with Crippen LogP contribution in [-0.2, 0) is 14.4 Å². The van der Waals surface area contributed by atoms with Crippen LogP contribution in [0.25, 0.3) is 5.57 Å². The van der Waals surface area contributed by atoms with Gasteiger partial charge in [0.25, 0.3) is 0 Å². The van der Waals surface area contributed by atoms with E-state index in [-0.39, 0.29) is 17.3 Å². The molecule has 1 aromatic rings. The van der Waals surface area contributed by atoms with E-state index in [0.29, 0.717) is 46.2 Å². The highest BCUT2D eigenvalue weighted by molar-refractivity contribution is 7.99. The highest BCUT2D eigenvalue weighted by Gasteiger charge is 2.20. The molecule has 0 amide bonds. The van der Waals surface area contributed by atoms with E-state index in [2.05, 4.69) is 29.8 Å². The minimum absolute atomic E-state index is 0.0481. The molecule has 0 unspecified atom stereocenters. The van der Waals surface area contributed by atoms with Crippen molar-refractivity contribution in [3.63, 3.8) is 0 Å². The van der Waals surface area contributed by atoms with Crippen LogP contribution < -0.4 is 4.90 Å². The van der Waals surface area contributed by atoms with Crippen molar-refractivity contribution in [3.8, 4) is 0 Å². The van der Waals surface area contributed by atoms with E-state index in [4.69, 9.17) is 16.4 Å². The number of ketones is 2. The Balaban J connectivity index is -0.00000154. The lowest BCUT2D eigenvalue weighted by Crippen LogP contribution is -2.23. The summed E-state index contributed by atoms with van der Waals surface area (Å²) in [6.07, 6.45) is 19.2. The topological polar surface area (TPSA) is 76.0 Å². The summed E-state index contributed by atoms with van der Waals surface area (Å²) < 4.78 is 0. The minimum Gasteiger partial charge on any atom is -0.368 e. The van der Waals surface area contributed by atoms with Gasteiger partial charge in [0.15, 0.2) is 5.78 Å². The lowest BCUT2D eigenvalue weighted by Gasteiger charge is -2.24. The van der Waals surface area contributed by atoms with Gasteiger partial charge < -0.3 is 9.74 Å². The molecule has 0 aliphatic carbocycles. The molecule has 270 valence electrons. The van der Waals surface area contributed by atoms with Crippen molar-refractivity contribution in [3.05, 3.63) is 120 Å². The number of fused-ring (bicyclic) bond motifs is 1. The van der Waals surface area contributed by atoms with Crippen LogP contribution in [0.1, 0.15) is 91.6 Å². The van der Waals surface area contributed by atoms with Gasteiger partial charge in [0, 0.05) is 59.6 Å². The lowest BCUT2D eigenvalue weighted by atomic mass is 9.96. The standard InChI is InChI=1S/C29H33ClN2O4S.C6H10.2C2H6.C2H4/c1-6-25(30)11-9-16-37-17-14-27(31-36-22(5)34)29(35)24-10-8-15-32(7-2)28-13-12-23(21(4)33)19-26(28)20(3)18-24;1-3-5-6-4-2;3*1-2/h6,8-13,18-19H,3,7,14-17H2,1-2,4-5H3;3-6H,1-2H3;2*1-2H3;1-2H2/b10-8-,11-9-,24-18+,25-6+,31-27+;5-3-,6-4+;;;. The molecule has 0 N–H and O–H groups in total. The number of rotatable bonds is 12. The second-order valence-corrected chi connectivity index (χ2v) is 10.8. The van der Waals surface area contributed by atoms with E-state index in [9.17, 15) is 14.4 Å². The highest BCUT2D eigenvalue weighted by Crippen LogP contribution is 2.31. The fraction of sp³-hybridized carbons (Fsp3) is 0.366. The Kier molecular flexibility index (Phi) is 32.9. The molecular formula is C41H59ClN2O4S. The lowest BCUT2D eigenvalue weighted by molar-refractivity contribution is -0.140. The van der Waals surface area contributed by atoms with Crippen LogP contribution in [0.4, 0.5) is 5.69 Å². The van der Waals surface area contributed by atoms with E-state index in [0.717, 1.165) is 17.8 Å². The largest absolute Gasteiger partial charge is 0.368 e. The Labute approximate surface area is 306 Å². The number of Topliss-reactive ketones (excluding diaryl/α,β-unsaturated/α-hetero) is 2. The van der Waals surface area contributed by atoms with Crippen LogP contribution in [0.5, 0.6) is 0 Å². The summed E-state index contributed by atoms with van der Waals surface area (Å²) in [5.41, 5.74) is 3.40. The van der Waals surface area contributed by atoms with Gasteiger partial charge in [-0.3, -0.25) is 9.59 Å². The third-order valence-electron chi connectivity index (χ3n) is 5.98. The van der Waals surface area contributed by atoms with Gasteiger partial charge in [-0.05, 0) is 76.3 Å². The Morgan fingerprint density at radius 1 is 1.04 bits per heavy atom. The number of nitrogens with zero attached hydrogens (tertiary/aromatic N) is 2. The maximum Gasteiger partial charge on any atom is 0.331 e. The number of likely N-dealkylation sites (N-methyl/N-ethyl adjacent to an activating group) is 1. The van der Waals surface area contributed by atoms with E-state index < -0.39 is 5.97 Å². The maximum atomic E-state index is 13.5. The first-order valence-corrected chi connectivity index (χ1v) is 18.2. The number of oxime groups is 1. The average molecular weight is 711 g/mol. The molecule has 0 fully saturated rings. The van der Waals surface area contributed by atoms with Gasteiger partial charge in [-0.15, -0.1) is 13.2 Å². The number of carbonyl (C=O) groups excluding carboxylic acids is 3. The summed E-state index contributed by atoms with van der Waals surface area (Å²) in [6.45, 7) is 30.2. The smallest absolute Gasteiger partial charge is 0.331 e. The fourth-order valence-corrected chi connectivity index (χ4v) is 4.56. The quantitative estimate of drug-likeness (QED) is 0.0409. The second-order valence-electron chi connectivity index (χ2n) is 9.26. The number of allylic oxidation sites excluding steroid dienone is 11. The van der Waals surface area contributed by atoms with Crippen LogP contribution in [0, 0.1) is 0 Å². The molecule has 0 radical (unpaired) electrons. The molecule has 49 heavy (non-hydrogen) atoms. The summed E-state index contributed by atoms with van der Waals surface area (Å²) in [7, 11) is 0. The fourth-order valence-electron chi connectivity index (χ4n) is 3.73. The van der Waals surface area contributed by atoms with Gasteiger partial charge >= 0.3 is 5.97 Å². The van der Waals surface area contributed by atoms with Gasteiger partial charge in [-0.2, -0.15) is 11.8 Å². The Morgan fingerprint density at radius 2 is 1.65 bits per heavy atom. The monoisotopic (exact) mass is 710 g/mol. The van der Waals surface area contributed by atoms with Crippen molar-refractivity contribution in [2.45, 2.75) is 75.7 Å². The summed E-state index contributed by atoms with van der Waals surface area (Å²) in [6, 6.07) is 5.53. The molecule has 1 heterocycles. The molecule has 8 heteroatoms. The molecule has 1 aliphatic rings. The zero-order chi connectivity index (χ0) is 38.2. The molecule has 1 aliphatic heterocycles. The van der Waals surface area contributed by atoms with E-state index in [1.54, 1.807) is 36.1 Å². The van der Waals surface area contributed by atoms with Crippen molar-refractivity contribution >= 4 is 57.9 Å². The van der Waals surface area contributed by atoms with Crippen LogP contribution >= 0.6 is 23.4 Å². The van der Waals surface area contributed by atoms with E-state index in [1.807, 2.05) is 110 Å². The second kappa shape index (κ2) is 32.6. The van der Waals surface area contributed by atoms with Gasteiger partial charge in [0.2, 0.25) is 5.78 Å². The van der Waals surface area contributed by atoms with Crippen LogP contribution in [0.15, 0.2) is 114 Å². The summed E-state index contributed by atoms with van der Waals surface area (Å²) >= 11 is 7.56. The third kappa shape index (κ3) is 21.6. The molecule has 1 aromatic carbocycles. The first-order chi connectivity index (χ1) is 23.6.